The summed E-state index contributed by atoms with van der Waals surface area (Å²) in [6.07, 6.45) is -1.47. The van der Waals surface area contributed by atoms with Crippen LogP contribution < -0.4 is 5.32 Å². The number of carbonyl (C=O) groups excluding carboxylic acids is 1. The maximum absolute atomic E-state index is 12.7. The number of halogens is 3. The number of nitrogens with one attached hydrogen (secondary N) is 1. The zero-order valence-corrected chi connectivity index (χ0v) is 15.6. The molecular formula is C15H16F3N9O3. The van der Waals surface area contributed by atoms with Crippen molar-refractivity contribution in [1.29, 1.82) is 0 Å². The van der Waals surface area contributed by atoms with Gasteiger partial charge in [0.15, 0.2) is 12.4 Å². The van der Waals surface area contributed by atoms with E-state index in [1.165, 1.54) is 39.6 Å². The molecule has 3 aromatic rings. The van der Waals surface area contributed by atoms with E-state index in [9.17, 15) is 28.1 Å². The van der Waals surface area contributed by atoms with E-state index in [0.717, 1.165) is 6.07 Å². The van der Waals surface area contributed by atoms with E-state index in [1.54, 1.807) is 0 Å². The fourth-order valence-electron chi connectivity index (χ4n) is 2.54. The van der Waals surface area contributed by atoms with Crippen LogP contribution in [0.3, 0.4) is 0 Å². The molecule has 160 valence electrons. The first-order valence-electron chi connectivity index (χ1n) is 8.60. The molecule has 30 heavy (non-hydrogen) atoms. The molecule has 0 aromatic carbocycles. The Balaban J connectivity index is 1.47. The van der Waals surface area contributed by atoms with Gasteiger partial charge in [-0.05, 0) is 30.4 Å². The first kappa shape index (κ1) is 20.9. The molecule has 1 N–H and O–H groups in total. The van der Waals surface area contributed by atoms with E-state index < -0.39 is 28.6 Å². The first-order valence-corrected chi connectivity index (χ1v) is 8.60. The van der Waals surface area contributed by atoms with E-state index in [1.807, 2.05) is 0 Å². The third-order valence-electron chi connectivity index (χ3n) is 3.95. The summed E-state index contributed by atoms with van der Waals surface area (Å²) in [7, 11) is 0. The molecule has 0 spiro atoms. The summed E-state index contributed by atoms with van der Waals surface area (Å²) >= 11 is 0. The van der Waals surface area contributed by atoms with Crippen LogP contribution in [0.5, 0.6) is 0 Å². The highest BCUT2D eigenvalue weighted by Crippen LogP contribution is 2.28. The molecule has 0 aliphatic heterocycles. The Kier molecular flexibility index (Phi) is 5.79. The van der Waals surface area contributed by atoms with Crippen molar-refractivity contribution >= 4 is 11.9 Å². The van der Waals surface area contributed by atoms with Crippen molar-refractivity contribution in [3.63, 3.8) is 0 Å². The lowest BCUT2D eigenvalue weighted by atomic mass is 10.3. The fraction of sp³-hybridized carbons (Fsp3) is 0.400. The summed E-state index contributed by atoms with van der Waals surface area (Å²) in [6.45, 7) is 1.97. The summed E-state index contributed by atoms with van der Waals surface area (Å²) in [5.41, 5.74) is -0.465. The average Bonchev–Trinajstić information content (AvgIpc) is 3.39. The number of aryl methyl sites for hydroxylation is 2. The molecule has 1 amide bonds. The molecule has 0 aliphatic carbocycles. The van der Waals surface area contributed by atoms with Gasteiger partial charge in [-0.15, -0.1) is 0 Å². The standard InChI is InChI=1S/C15H16F3N9O3/c1-10-7-12(15(16,17)18)22-26(10)5-2-4-19-13(28)11-3-6-24(21-11)9-25-8-20-14(23-25)27(29)30/h3,6-8H,2,4-5,9H2,1H3,(H,19,28). The van der Waals surface area contributed by atoms with Crippen LogP contribution in [0.25, 0.3) is 0 Å². The normalized spacial score (nSPS) is 11.6. The number of alkyl halides is 3. The minimum atomic E-state index is -4.50. The lowest BCUT2D eigenvalue weighted by Gasteiger charge is -2.06. The molecule has 15 heteroatoms. The number of amides is 1. The lowest BCUT2D eigenvalue weighted by molar-refractivity contribution is -0.394. The van der Waals surface area contributed by atoms with Crippen molar-refractivity contribution in [2.45, 2.75) is 32.7 Å². The number of hydrogen-bond acceptors (Lipinski definition) is 7. The van der Waals surface area contributed by atoms with E-state index in [-0.39, 0.29) is 25.5 Å². The number of carbonyl (C=O) groups is 1. The highest BCUT2D eigenvalue weighted by atomic mass is 19.4. The maximum Gasteiger partial charge on any atom is 0.491 e. The molecule has 0 radical (unpaired) electrons. The average molecular weight is 427 g/mol. The SMILES string of the molecule is Cc1cc(C(F)(F)F)nn1CCCNC(=O)c1ccn(Cn2cnc([N+](=O)[O-])n2)n1. The number of nitro groups is 1. The van der Waals surface area contributed by atoms with Crippen molar-refractivity contribution in [1.82, 2.24) is 39.6 Å². The van der Waals surface area contributed by atoms with Gasteiger partial charge in [0.1, 0.15) is 5.69 Å². The van der Waals surface area contributed by atoms with Crippen LogP contribution in [0.2, 0.25) is 0 Å². The molecule has 3 heterocycles. The lowest BCUT2D eigenvalue weighted by Crippen LogP contribution is -2.26. The zero-order valence-electron chi connectivity index (χ0n) is 15.6. The van der Waals surface area contributed by atoms with Gasteiger partial charge in [0.2, 0.25) is 6.33 Å². The maximum atomic E-state index is 12.7. The Morgan fingerprint density at radius 3 is 2.67 bits per heavy atom. The third kappa shape index (κ3) is 4.98. The summed E-state index contributed by atoms with van der Waals surface area (Å²) in [6, 6.07) is 2.42. The van der Waals surface area contributed by atoms with Crippen LogP contribution in [0.15, 0.2) is 24.7 Å². The highest BCUT2D eigenvalue weighted by Gasteiger charge is 2.34. The second-order valence-corrected chi connectivity index (χ2v) is 6.22. The molecule has 0 fully saturated rings. The summed E-state index contributed by atoms with van der Waals surface area (Å²) < 4.78 is 41.7. The Bertz CT molecular complexity index is 1050. The van der Waals surface area contributed by atoms with Gasteiger partial charge < -0.3 is 15.4 Å². The van der Waals surface area contributed by atoms with Gasteiger partial charge >= 0.3 is 12.1 Å². The van der Waals surface area contributed by atoms with Crippen LogP contribution in [0, 0.1) is 17.0 Å². The van der Waals surface area contributed by atoms with E-state index in [4.69, 9.17) is 0 Å². The Morgan fingerprint density at radius 2 is 2.03 bits per heavy atom. The molecule has 3 rings (SSSR count). The Morgan fingerprint density at radius 1 is 1.27 bits per heavy atom. The highest BCUT2D eigenvalue weighted by molar-refractivity contribution is 5.92. The van der Waals surface area contributed by atoms with Crippen LogP contribution in [-0.4, -0.2) is 51.7 Å². The Hall–Kier alpha value is -3.78. The molecule has 3 aromatic heterocycles. The molecule has 0 bridgehead atoms. The summed E-state index contributed by atoms with van der Waals surface area (Å²) in [4.78, 5) is 25.5. The van der Waals surface area contributed by atoms with Crippen LogP contribution in [-0.2, 0) is 19.4 Å². The molecular weight excluding hydrogens is 411 g/mol. The first-order chi connectivity index (χ1) is 14.1. The van der Waals surface area contributed by atoms with Gasteiger partial charge in [-0.1, -0.05) is 4.98 Å². The van der Waals surface area contributed by atoms with Crippen molar-refractivity contribution in [3.05, 3.63) is 51.9 Å². The van der Waals surface area contributed by atoms with Gasteiger partial charge in [0.25, 0.3) is 5.91 Å². The third-order valence-corrected chi connectivity index (χ3v) is 3.95. The van der Waals surface area contributed by atoms with Crippen LogP contribution in [0.1, 0.15) is 28.3 Å². The van der Waals surface area contributed by atoms with Crippen molar-refractivity contribution < 1.29 is 22.9 Å². The van der Waals surface area contributed by atoms with Crippen molar-refractivity contribution in [2.24, 2.45) is 0 Å². The van der Waals surface area contributed by atoms with E-state index >= 15 is 0 Å². The van der Waals surface area contributed by atoms with Gasteiger partial charge in [-0.2, -0.15) is 28.1 Å². The number of hydrogen-bond donors (Lipinski definition) is 1. The van der Waals surface area contributed by atoms with Gasteiger partial charge in [0.05, 0.1) is 0 Å². The summed E-state index contributed by atoms with van der Waals surface area (Å²) in [5.74, 6) is -1.01. The van der Waals surface area contributed by atoms with Crippen molar-refractivity contribution in [2.75, 3.05) is 6.54 Å². The molecule has 0 saturated carbocycles. The molecule has 0 unspecified atom stereocenters. The quantitative estimate of drug-likeness (QED) is 0.324. The Labute approximate surface area is 166 Å². The van der Waals surface area contributed by atoms with Crippen LogP contribution >= 0.6 is 0 Å². The second kappa shape index (κ2) is 8.30. The van der Waals surface area contributed by atoms with Crippen LogP contribution in [0.4, 0.5) is 19.1 Å². The minimum absolute atomic E-state index is 0.0221. The molecule has 0 atom stereocenters. The number of rotatable bonds is 8. The number of aromatic nitrogens is 7. The monoisotopic (exact) mass is 427 g/mol. The predicted octanol–water partition coefficient (Wildman–Crippen LogP) is 1.23. The predicted molar refractivity (Wildman–Crippen MR) is 93.2 cm³/mol. The second-order valence-electron chi connectivity index (χ2n) is 6.22. The van der Waals surface area contributed by atoms with Gasteiger partial charge in [-0.25, -0.2) is 4.68 Å². The number of nitrogens with zero attached hydrogens (tertiary/aromatic N) is 8. The minimum Gasteiger partial charge on any atom is -0.390 e. The van der Waals surface area contributed by atoms with Gasteiger partial charge in [-0.3, -0.25) is 9.48 Å². The molecule has 0 aliphatic rings. The molecule has 0 saturated heterocycles. The van der Waals surface area contributed by atoms with E-state index in [2.05, 4.69) is 25.6 Å². The van der Waals surface area contributed by atoms with Gasteiger partial charge in [0, 0.05) is 30.1 Å². The topological polar surface area (TPSA) is 139 Å². The largest absolute Gasteiger partial charge is 0.491 e. The smallest absolute Gasteiger partial charge is 0.390 e. The molecule has 12 nitrogen and oxygen atoms in total. The summed E-state index contributed by atoms with van der Waals surface area (Å²) in [5, 5.41) is 24.4. The zero-order chi connectivity index (χ0) is 21.9. The van der Waals surface area contributed by atoms with E-state index in [0.29, 0.717) is 12.1 Å². The van der Waals surface area contributed by atoms with Crippen molar-refractivity contribution in [3.8, 4) is 0 Å². The fourth-order valence-corrected chi connectivity index (χ4v) is 2.54.